The number of thiazole rings is 1. The summed E-state index contributed by atoms with van der Waals surface area (Å²) in [5, 5.41) is 6.71. The van der Waals surface area contributed by atoms with Gasteiger partial charge in [0.15, 0.2) is 0 Å². The molecule has 8 heteroatoms. The molecule has 116 valence electrons. The maximum absolute atomic E-state index is 12.5. The Morgan fingerprint density at radius 3 is 2.62 bits per heavy atom. The molecule has 0 spiro atoms. The lowest BCUT2D eigenvalue weighted by molar-refractivity contribution is 0.414. The summed E-state index contributed by atoms with van der Waals surface area (Å²) in [5.74, 6) is 0. The summed E-state index contributed by atoms with van der Waals surface area (Å²) in [6.07, 6.45) is 3.52. The minimum atomic E-state index is -3.62. The summed E-state index contributed by atoms with van der Waals surface area (Å²) in [4.78, 5) is 4.60. The monoisotopic (exact) mass is 328 g/mol. The van der Waals surface area contributed by atoms with E-state index in [0.717, 1.165) is 10.7 Å². The molecular formula is C13H20N4O2S2. The summed E-state index contributed by atoms with van der Waals surface area (Å²) in [7, 11) is -3.62. The normalized spacial score (nSPS) is 15.0. The van der Waals surface area contributed by atoms with Gasteiger partial charge in [-0.25, -0.2) is 13.4 Å². The molecular weight excluding hydrogens is 308 g/mol. The zero-order valence-electron chi connectivity index (χ0n) is 12.6. The first-order valence-corrected chi connectivity index (χ1v) is 9.16. The van der Waals surface area contributed by atoms with E-state index in [2.05, 4.69) is 14.8 Å². The molecule has 0 aromatic carbocycles. The average molecular weight is 328 g/mol. The number of nitrogens with zero attached hydrogens (tertiary/aromatic N) is 3. The van der Waals surface area contributed by atoms with Crippen LogP contribution >= 0.6 is 11.3 Å². The number of rotatable bonds is 6. The van der Waals surface area contributed by atoms with Crippen molar-refractivity contribution < 1.29 is 8.42 Å². The zero-order valence-corrected chi connectivity index (χ0v) is 14.3. The SMILES string of the molecule is CCn1cc(S(=O)(=O)N[C@](C)(CC)c2nc(C)cs2)cn1. The molecule has 0 fully saturated rings. The Morgan fingerprint density at radius 1 is 1.43 bits per heavy atom. The van der Waals surface area contributed by atoms with Crippen LogP contribution in [0.1, 0.15) is 37.9 Å². The van der Waals surface area contributed by atoms with E-state index in [0.29, 0.717) is 13.0 Å². The molecule has 0 unspecified atom stereocenters. The minimum absolute atomic E-state index is 0.178. The summed E-state index contributed by atoms with van der Waals surface area (Å²) >= 11 is 1.47. The Balaban J connectivity index is 2.32. The Hall–Kier alpha value is -1.25. The second kappa shape index (κ2) is 5.86. The standard InChI is InChI=1S/C13H20N4O2S2/c1-5-13(4,12-15-10(3)9-20-12)16-21(18,19)11-7-14-17(6-2)8-11/h7-9,16H,5-6H2,1-4H3/t13-/m1/s1. The number of aromatic nitrogens is 3. The van der Waals surface area contributed by atoms with Crippen LogP contribution in [0.5, 0.6) is 0 Å². The smallest absolute Gasteiger partial charge is 0.244 e. The Morgan fingerprint density at radius 2 is 2.14 bits per heavy atom. The molecule has 1 atom stereocenters. The van der Waals surface area contributed by atoms with Crippen LogP contribution < -0.4 is 4.72 Å². The van der Waals surface area contributed by atoms with Gasteiger partial charge in [-0.2, -0.15) is 9.82 Å². The van der Waals surface area contributed by atoms with E-state index in [-0.39, 0.29) is 4.90 Å². The number of nitrogens with one attached hydrogen (secondary N) is 1. The second-order valence-electron chi connectivity index (χ2n) is 5.12. The number of sulfonamides is 1. The summed E-state index contributed by atoms with van der Waals surface area (Å²) in [5.41, 5.74) is 0.180. The van der Waals surface area contributed by atoms with Crippen molar-refractivity contribution in [2.24, 2.45) is 0 Å². The molecule has 0 bridgehead atoms. The van der Waals surface area contributed by atoms with Gasteiger partial charge in [0.25, 0.3) is 0 Å². The minimum Gasteiger partial charge on any atom is -0.272 e. The van der Waals surface area contributed by atoms with Crippen molar-refractivity contribution >= 4 is 21.4 Å². The molecule has 0 aliphatic heterocycles. The molecule has 2 aromatic heterocycles. The Labute approximate surface area is 129 Å². The lowest BCUT2D eigenvalue weighted by atomic mass is 10.0. The van der Waals surface area contributed by atoms with Gasteiger partial charge in [-0.3, -0.25) is 4.68 Å². The second-order valence-corrected chi connectivity index (χ2v) is 7.66. The van der Waals surface area contributed by atoms with E-state index in [9.17, 15) is 8.42 Å². The van der Waals surface area contributed by atoms with Crippen molar-refractivity contribution in [1.29, 1.82) is 0 Å². The number of aryl methyl sites for hydroxylation is 2. The number of hydrogen-bond donors (Lipinski definition) is 1. The molecule has 0 amide bonds. The van der Waals surface area contributed by atoms with Crippen molar-refractivity contribution in [3.8, 4) is 0 Å². The largest absolute Gasteiger partial charge is 0.272 e. The molecule has 2 rings (SSSR count). The van der Waals surface area contributed by atoms with Crippen LogP contribution in [-0.2, 0) is 22.1 Å². The maximum atomic E-state index is 12.5. The molecule has 0 saturated heterocycles. The number of hydrogen-bond acceptors (Lipinski definition) is 5. The van der Waals surface area contributed by atoms with E-state index in [1.54, 1.807) is 4.68 Å². The fourth-order valence-electron chi connectivity index (χ4n) is 1.89. The highest BCUT2D eigenvalue weighted by Gasteiger charge is 2.34. The van der Waals surface area contributed by atoms with Crippen LogP contribution in [-0.4, -0.2) is 23.2 Å². The van der Waals surface area contributed by atoms with Crippen molar-refractivity contribution in [1.82, 2.24) is 19.5 Å². The van der Waals surface area contributed by atoms with Crippen LogP contribution in [0.4, 0.5) is 0 Å². The van der Waals surface area contributed by atoms with E-state index >= 15 is 0 Å². The molecule has 6 nitrogen and oxygen atoms in total. The molecule has 0 saturated carbocycles. The van der Waals surface area contributed by atoms with E-state index in [4.69, 9.17) is 0 Å². The van der Waals surface area contributed by atoms with Gasteiger partial charge in [-0.15, -0.1) is 11.3 Å². The Bertz CT molecular complexity index is 720. The van der Waals surface area contributed by atoms with Crippen LogP contribution in [0, 0.1) is 6.92 Å². The molecule has 21 heavy (non-hydrogen) atoms. The lowest BCUT2D eigenvalue weighted by Crippen LogP contribution is -2.42. The third kappa shape index (κ3) is 3.33. The molecule has 2 heterocycles. The topological polar surface area (TPSA) is 76.9 Å². The first-order valence-electron chi connectivity index (χ1n) is 6.80. The van der Waals surface area contributed by atoms with Gasteiger partial charge < -0.3 is 0 Å². The lowest BCUT2D eigenvalue weighted by Gasteiger charge is -2.26. The zero-order chi connectivity index (χ0) is 15.7. The predicted molar refractivity (Wildman–Crippen MR) is 82.7 cm³/mol. The molecule has 1 N–H and O–H groups in total. The van der Waals surface area contributed by atoms with Crippen molar-refractivity contribution in [3.63, 3.8) is 0 Å². The van der Waals surface area contributed by atoms with Crippen molar-refractivity contribution in [2.75, 3.05) is 0 Å². The highest BCUT2D eigenvalue weighted by Crippen LogP contribution is 2.29. The van der Waals surface area contributed by atoms with E-state index in [1.807, 2.05) is 33.1 Å². The van der Waals surface area contributed by atoms with Crippen molar-refractivity contribution in [2.45, 2.75) is 51.1 Å². The van der Waals surface area contributed by atoms with Gasteiger partial charge in [0.05, 0.1) is 11.7 Å². The molecule has 0 aliphatic rings. The fourth-order valence-corrected chi connectivity index (χ4v) is 4.34. The van der Waals surface area contributed by atoms with Gasteiger partial charge >= 0.3 is 0 Å². The molecule has 0 aliphatic carbocycles. The van der Waals surface area contributed by atoms with Gasteiger partial charge in [-0.05, 0) is 27.2 Å². The van der Waals surface area contributed by atoms with Crippen LogP contribution in [0.25, 0.3) is 0 Å². The Kier molecular flexibility index (Phi) is 4.50. The highest BCUT2D eigenvalue weighted by molar-refractivity contribution is 7.89. The summed E-state index contributed by atoms with van der Waals surface area (Å²) < 4.78 is 29.4. The first-order chi connectivity index (χ1) is 9.80. The van der Waals surface area contributed by atoms with E-state index in [1.165, 1.54) is 23.7 Å². The molecule has 2 aromatic rings. The van der Waals surface area contributed by atoms with E-state index < -0.39 is 15.6 Å². The fraction of sp³-hybridized carbons (Fsp3) is 0.538. The highest BCUT2D eigenvalue weighted by atomic mass is 32.2. The quantitative estimate of drug-likeness (QED) is 0.882. The van der Waals surface area contributed by atoms with Gasteiger partial charge in [0.2, 0.25) is 10.0 Å². The van der Waals surface area contributed by atoms with Gasteiger partial charge in [0.1, 0.15) is 9.90 Å². The van der Waals surface area contributed by atoms with Gasteiger partial charge in [-0.1, -0.05) is 6.92 Å². The van der Waals surface area contributed by atoms with Crippen LogP contribution in [0.15, 0.2) is 22.7 Å². The van der Waals surface area contributed by atoms with Gasteiger partial charge in [0, 0.05) is 23.8 Å². The summed E-state index contributed by atoms with van der Waals surface area (Å²) in [6.45, 7) is 8.23. The third-order valence-corrected chi connectivity index (χ3v) is 6.18. The maximum Gasteiger partial charge on any atom is 0.244 e. The average Bonchev–Trinajstić information content (AvgIpc) is 3.07. The van der Waals surface area contributed by atoms with Crippen molar-refractivity contribution in [3.05, 3.63) is 28.5 Å². The van der Waals surface area contributed by atoms with Crippen LogP contribution in [0.2, 0.25) is 0 Å². The first kappa shape index (κ1) is 16.1. The summed E-state index contributed by atoms with van der Waals surface area (Å²) in [6, 6.07) is 0. The predicted octanol–water partition coefficient (Wildman–Crippen LogP) is 2.27. The molecule has 0 radical (unpaired) electrons. The van der Waals surface area contributed by atoms with Crippen LogP contribution in [0.3, 0.4) is 0 Å². The third-order valence-electron chi connectivity index (χ3n) is 3.40.